The Morgan fingerprint density at radius 2 is 2.12 bits per heavy atom. The number of nitrogens with zero attached hydrogens (tertiary/aromatic N) is 1. The minimum atomic E-state index is -0.686. The van der Waals surface area contributed by atoms with Gasteiger partial charge < -0.3 is 14.5 Å². The third kappa shape index (κ3) is 3.78. The van der Waals surface area contributed by atoms with Gasteiger partial charge in [0.25, 0.3) is 5.91 Å². The van der Waals surface area contributed by atoms with E-state index in [4.69, 9.17) is 9.15 Å². The van der Waals surface area contributed by atoms with Crippen LogP contribution in [0.25, 0.3) is 11.0 Å². The summed E-state index contributed by atoms with van der Waals surface area (Å²) in [5.41, 5.74) is 0.899. The van der Waals surface area contributed by atoms with Crippen molar-refractivity contribution in [3.63, 3.8) is 0 Å². The SMILES string of the molecule is C[C@H](Oc1ccc2ccc(=O)oc2c1)C(=O)NCc1cccnc1. The molecular formula is C18H16N2O4. The molecular weight excluding hydrogens is 308 g/mol. The van der Waals surface area contributed by atoms with E-state index in [1.54, 1.807) is 43.6 Å². The van der Waals surface area contributed by atoms with E-state index in [1.165, 1.54) is 6.07 Å². The summed E-state index contributed by atoms with van der Waals surface area (Å²) in [5, 5.41) is 3.58. The number of hydrogen-bond donors (Lipinski definition) is 1. The highest BCUT2D eigenvalue weighted by atomic mass is 16.5. The van der Waals surface area contributed by atoms with Crippen LogP contribution in [0, 0.1) is 0 Å². The topological polar surface area (TPSA) is 81.4 Å². The molecule has 0 aliphatic carbocycles. The van der Waals surface area contributed by atoms with E-state index in [-0.39, 0.29) is 5.91 Å². The van der Waals surface area contributed by atoms with Gasteiger partial charge >= 0.3 is 5.63 Å². The molecule has 0 spiro atoms. The Balaban J connectivity index is 1.64. The van der Waals surface area contributed by atoms with E-state index in [9.17, 15) is 9.59 Å². The van der Waals surface area contributed by atoms with Gasteiger partial charge in [0.05, 0.1) is 0 Å². The van der Waals surface area contributed by atoms with Crippen molar-refractivity contribution < 1.29 is 13.9 Å². The normalized spacial score (nSPS) is 11.9. The van der Waals surface area contributed by atoms with Gasteiger partial charge in [0, 0.05) is 36.5 Å². The Morgan fingerprint density at radius 3 is 2.92 bits per heavy atom. The van der Waals surface area contributed by atoms with Crippen LogP contribution in [-0.4, -0.2) is 17.0 Å². The Kier molecular flexibility index (Phi) is 4.56. The van der Waals surface area contributed by atoms with Gasteiger partial charge in [-0.15, -0.1) is 0 Å². The van der Waals surface area contributed by atoms with Gasteiger partial charge in [-0.2, -0.15) is 0 Å². The average Bonchev–Trinajstić information content (AvgIpc) is 2.60. The molecule has 0 saturated carbocycles. The molecule has 0 bridgehead atoms. The number of fused-ring (bicyclic) bond motifs is 1. The van der Waals surface area contributed by atoms with Crippen molar-refractivity contribution in [2.75, 3.05) is 0 Å². The monoisotopic (exact) mass is 324 g/mol. The van der Waals surface area contributed by atoms with Gasteiger partial charge in [0.2, 0.25) is 0 Å². The zero-order valence-electron chi connectivity index (χ0n) is 13.1. The van der Waals surface area contributed by atoms with Crippen molar-refractivity contribution in [2.24, 2.45) is 0 Å². The smallest absolute Gasteiger partial charge is 0.336 e. The van der Waals surface area contributed by atoms with Gasteiger partial charge in [0.15, 0.2) is 6.10 Å². The molecule has 0 aliphatic rings. The number of amides is 1. The molecule has 0 radical (unpaired) electrons. The zero-order valence-corrected chi connectivity index (χ0v) is 13.1. The summed E-state index contributed by atoms with van der Waals surface area (Å²) in [7, 11) is 0. The number of nitrogens with one attached hydrogen (secondary N) is 1. The molecule has 0 fully saturated rings. The van der Waals surface area contributed by atoms with Crippen LogP contribution >= 0.6 is 0 Å². The molecule has 1 amide bonds. The number of aromatic nitrogens is 1. The molecule has 24 heavy (non-hydrogen) atoms. The molecule has 3 rings (SSSR count). The van der Waals surface area contributed by atoms with Crippen LogP contribution in [0.3, 0.4) is 0 Å². The third-order valence-electron chi connectivity index (χ3n) is 3.47. The van der Waals surface area contributed by atoms with Gasteiger partial charge in [-0.25, -0.2) is 4.79 Å². The van der Waals surface area contributed by atoms with Crippen LogP contribution in [0.1, 0.15) is 12.5 Å². The molecule has 3 aromatic rings. The van der Waals surface area contributed by atoms with Gasteiger partial charge in [-0.3, -0.25) is 9.78 Å². The predicted molar refractivity (Wildman–Crippen MR) is 88.7 cm³/mol. The average molecular weight is 324 g/mol. The largest absolute Gasteiger partial charge is 0.481 e. The summed E-state index contributed by atoms with van der Waals surface area (Å²) in [4.78, 5) is 27.4. The van der Waals surface area contributed by atoms with Crippen molar-refractivity contribution in [3.8, 4) is 5.75 Å². The fourth-order valence-corrected chi connectivity index (χ4v) is 2.21. The van der Waals surface area contributed by atoms with Gasteiger partial charge in [-0.05, 0) is 36.8 Å². The van der Waals surface area contributed by atoms with Crippen molar-refractivity contribution in [2.45, 2.75) is 19.6 Å². The lowest BCUT2D eigenvalue weighted by Gasteiger charge is -2.15. The lowest BCUT2D eigenvalue weighted by Crippen LogP contribution is -2.35. The Labute approximate surface area is 138 Å². The standard InChI is InChI=1S/C18H16N2O4/c1-12(18(22)20-11-13-3-2-8-19-10-13)23-15-6-4-14-5-7-17(21)24-16(14)9-15/h2-10,12H,11H2,1H3,(H,20,22)/t12-/m0/s1. The first-order valence-corrected chi connectivity index (χ1v) is 7.49. The number of rotatable bonds is 5. The first kappa shape index (κ1) is 15.7. The Bertz CT molecular complexity index is 906. The minimum absolute atomic E-state index is 0.242. The first-order chi connectivity index (χ1) is 11.6. The lowest BCUT2D eigenvalue weighted by atomic mass is 10.2. The highest BCUT2D eigenvalue weighted by Gasteiger charge is 2.14. The molecule has 6 heteroatoms. The summed E-state index contributed by atoms with van der Waals surface area (Å²) in [6.07, 6.45) is 2.68. The van der Waals surface area contributed by atoms with Crippen LogP contribution in [-0.2, 0) is 11.3 Å². The second-order valence-electron chi connectivity index (χ2n) is 5.29. The Morgan fingerprint density at radius 1 is 1.29 bits per heavy atom. The number of hydrogen-bond acceptors (Lipinski definition) is 5. The summed E-state index contributed by atoms with van der Waals surface area (Å²) >= 11 is 0. The van der Waals surface area contributed by atoms with Crippen LogP contribution in [0.5, 0.6) is 5.75 Å². The first-order valence-electron chi connectivity index (χ1n) is 7.49. The fourth-order valence-electron chi connectivity index (χ4n) is 2.21. The molecule has 6 nitrogen and oxygen atoms in total. The van der Waals surface area contributed by atoms with Crippen molar-refractivity contribution in [3.05, 3.63) is 70.8 Å². The number of carbonyl (C=O) groups excluding carboxylic acids is 1. The van der Waals surface area contributed by atoms with Crippen LogP contribution in [0.2, 0.25) is 0 Å². The predicted octanol–water partition coefficient (Wildman–Crippen LogP) is 2.27. The second kappa shape index (κ2) is 6.95. The van der Waals surface area contributed by atoms with E-state index in [0.29, 0.717) is 17.9 Å². The van der Waals surface area contributed by atoms with Crippen molar-refractivity contribution in [1.29, 1.82) is 0 Å². The minimum Gasteiger partial charge on any atom is -0.481 e. The summed E-state index contributed by atoms with van der Waals surface area (Å²) in [6.45, 7) is 2.04. The van der Waals surface area contributed by atoms with Crippen LogP contribution in [0.15, 0.2) is 64.1 Å². The maximum atomic E-state index is 12.1. The molecule has 0 unspecified atom stereocenters. The van der Waals surface area contributed by atoms with Crippen LogP contribution < -0.4 is 15.7 Å². The second-order valence-corrected chi connectivity index (χ2v) is 5.29. The molecule has 122 valence electrons. The molecule has 1 N–H and O–H groups in total. The molecule has 2 aromatic heterocycles. The highest BCUT2D eigenvalue weighted by Crippen LogP contribution is 2.20. The number of benzene rings is 1. The molecule has 1 aromatic carbocycles. The van der Waals surface area contributed by atoms with E-state index in [2.05, 4.69) is 10.3 Å². The Hall–Kier alpha value is -3.15. The quantitative estimate of drug-likeness (QED) is 0.728. The maximum absolute atomic E-state index is 12.1. The number of carbonyl (C=O) groups is 1. The van der Waals surface area contributed by atoms with E-state index < -0.39 is 11.7 Å². The third-order valence-corrected chi connectivity index (χ3v) is 3.47. The molecule has 0 aliphatic heterocycles. The molecule has 0 saturated heterocycles. The zero-order chi connectivity index (χ0) is 16.9. The van der Waals surface area contributed by atoms with Gasteiger partial charge in [0.1, 0.15) is 11.3 Å². The van der Waals surface area contributed by atoms with Gasteiger partial charge in [-0.1, -0.05) is 6.07 Å². The fraction of sp³-hybridized carbons (Fsp3) is 0.167. The summed E-state index contributed by atoms with van der Waals surface area (Å²) < 4.78 is 10.7. The van der Waals surface area contributed by atoms with E-state index in [0.717, 1.165) is 10.9 Å². The summed E-state index contributed by atoms with van der Waals surface area (Å²) in [6, 6.07) is 11.8. The van der Waals surface area contributed by atoms with E-state index in [1.807, 2.05) is 12.1 Å². The number of pyridine rings is 1. The van der Waals surface area contributed by atoms with Crippen molar-refractivity contribution >= 4 is 16.9 Å². The highest BCUT2D eigenvalue weighted by molar-refractivity contribution is 5.81. The molecule has 2 heterocycles. The van der Waals surface area contributed by atoms with Crippen molar-refractivity contribution in [1.82, 2.24) is 10.3 Å². The molecule has 1 atom stereocenters. The summed E-state index contributed by atoms with van der Waals surface area (Å²) in [5.74, 6) is 0.217. The maximum Gasteiger partial charge on any atom is 0.336 e. The van der Waals surface area contributed by atoms with Crippen LogP contribution in [0.4, 0.5) is 0 Å². The lowest BCUT2D eigenvalue weighted by molar-refractivity contribution is -0.127. The van der Waals surface area contributed by atoms with E-state index >= 15 is 0 Å². The number of ether oxygens (including phenoxy) is 1.